The molecule has 0 saturated heterocycles. The molecule has 2 rings (SSSR count). The molecule has 0 aliphatic carbocycles. The summed E-state index contributed by atoms with van der Waals surface area (Å²) < 4.78 is 10.7. The van der Waals surface area contributed by atoms with Crippen molar-refractivity contribution in [3.05, 3.63) is 47.9 Å². The number of nitrogens with one attached hydrogen (secondary N) is 1. The Morgan fingerprint density at radius 1 is 1.24 bits per heavy atom. The minimum atomic E-state index is -0.306. The van der Waals surface area contributed by atoms with Gasteiger partial charge < -0.3 is 25.1 Å². The third-order valence-electron chi connectivity index (χ3n) is 3.69. The van der Waals surface area contributed by atoms with Gasteiger partial charge in [-0.15, -0.1) is 0 Å². The molecule has 0 atom stereocenters. The number of likely N-dealkylation sites (N-methyl/N-ethyl adjacent to an activating group) is 1. The summed E-state index contributed by atoms with van der Waals surface area (Å²) in [4.78, 5) is 25.8. The van der Waals surface area contributed by atoms with Crippen LogP contribution in [-0.4, -0.2) is 36.4 Å². The van der Waals surface area contributed by atoms with Gasteiger partial charge >= 0.3 is 0 Å². The zero-order chi connectivity index (χ0) is 18.2. The highest BCUT2D eigenvalue weighted by atomic mass is 16.5. The number of hydrogen-bond acceptors (Lipinski definition) is 5. The smallest absolute Gasteiger partial charge is 0.260 e. The van der Waals surface area contributed by atoms with E-state index in [0.29, 0.717) is 35.9 Å². The largest absolute Gasteiger partial charge is 0.484 e. The lowest BCUT2D eigenvalue weighted by Crippen LogP contribution is -2.34. The van der Waals surface area contributed by atoms with Crippen LogP contribution < -0.4 is 15.8 Å². The highest BCUT2D eigenvalue weighted by Gasteiger charge is 2.12. The van der Waals surface area contributed by atoms with Gasteiger partial charge in [0.05, 0.1) is 12.1 Å². The molecule has 0 unspecified atom stereocenters. The van der Waals surface area contributed by atoms with E-state index in [1.165, 1.54) is 6.26 Å². The second-order valence-corrected chi connectivity index (χ2v) is 5.34. The molecule has 0 fully saturated rings. The molecule has 0 spiro atoms. The van der Waals surface area contributed by atoms with E-state index in [2.05, 4.69) is 5.32 Å². The Kier molecular flexibility index (Phi) is 6.59. The second kappa shape index (κ2) is 8.89. The van der Waals surface area contributed by atoms with E-state index in [9.17, 15) is 9.59 Å². The van der Waals surface area contributed by atoms with Crippen LogP contribution in [0.2, 0.25) is 0 Å². The van der Waals surface area contributed by atoms with Gasteiger partial charge in [0.15, 0.2) is 6.61 Å². The van der Waals surface area contributed by atoms with E-state index < -0.39 is 0 Å². The predicted molar refractivity (Wildman–Crippen MR) is 94.4 cm³/mol. The highest BCUT2D eigenvalue weighted by molar-refractivity contribution is 6.04. The number of benzene rings is 1. The van der Waals surface area contributed by atoms with Crippen LogP contribution in [0, 0.1) is 0 Å². The van der Waals surface area contributed by atoms with Crippen molar-refractivity contribution in [2.24, 2.45) is 5.73 Å². The lowest BCUT2D eigenvalue weighted by molar-refractivity contribution is -0.132. The topological polar surface area (TPSA) is 97.8 Å². The average molecular weight is 345 g/mol. The number of ether oxygens (including phenoxy) is 1. The number of carbonyl (C=O) groups excluding carboxylic acids is 2. The quantitative estimate of drug-likeness (QED) is 0.764. The first-order valence-corrected chi connectivity index (χ1v) is 8.16. The Balaban J connectivity index is 1.96. The molecule has 0 saturated carbocycles. The molecule has 2 aromatic rings. The molecule has 1 heterocycles. The van der Waals surface area contributed by atoms with Gasteiger partial charge in [0, 0.05) is 24.8 Å². The Morgan fingerprint density at radius 2 is 2.00 bits per heavy atom. The van der Waals surface area contributed by atoms with Gasteiger partial charge in [-0.2, -0.15) is 0 Å². The van der Waals surface area contributed by atoms with Gasteiger partial charge in [-0.3, -0.25) is 9.59 Å². The Bertz CT molecular complexity index is 723. The molecular formula is C18H23N3O4. The van der Waals surface area contributed by atoms with Crippen LogP contribution in [0.3, 0.4) is 0 Å². The molecule has 0 radical (unpaired) electrons. The minimum absolute atomic E-state index is 0.0410. The fourth-order valence-corrected chi connectivity index (χ4v) is 2.29. The number of carbonyl (C=O) groups is 2. The van der Waals surface area contributed by atoms with Crippen LogP contribution in [0.1, 0.15) is 30.0 Å². The maximum absolute atomic E-state index is 12.2. The standard InChI is InChI=1S/C18H23N3O4/c1-3-21(4-2)17(22)12-25-15-7-5-6-14(9-15)20-18(23)13-8-16(10-19)24-11-13/h5-9,11H,3-4,10,12,19H2,1-2H3,(H,20,23). The van der Waals surface area contributed by atoms with Crippen molar-refractivity contribution in [1.29, 1.82) is 0 Å². The van der Waals surface area contributed by atoms with E-state index in [1.807, 2.05) is 13.8 Å². The van der Waals surface area contributed by atoms with Gasteiger partial charge in [-0.1, -0.05) is 6.07 Å². The van der Waals surface area contributed by atoms with Crippen LogP contribution in [0.25, 0.3) is 0 Å². The normalized spacial score (nSPS) is 10.4. The van der Waals surface area contributed by atoms with E-state index >= 15 is 0 Å². The average Bonchev–Trinajstić information content (AvgIpc) is 3.11. The molecule has 0 bridgehead atoms. The van der Waals surface area contributed by atoms with Crippen LogP contribution in [0.4, 0.5) is 5.69 Å². The number of nitrogens with zero attached hydrogens (tertiary/aromatic N) is 1. The molecule has 2 amide bonds. The van der Waals surface area contributed by atoms with Crippen molar-refractivity contribution in [2.45, 2.75) is 20.4 Å². The van der Waals surface area contributed by atoms with Crippen LogP contribution in [-0.2, 0) is 11.3 Å². The minimum Gasteiger partial charge on any atom is -0.484 e. The number of nitrogens with two attached hydrogens (primary N) is 1. The first-order valence-electron chi connectivity index (χ1n) is 8.16. The third kappa shape index (κ3) is 5.09. The first kappa shape index (κ1) is 18.5. The maximum atomic E-state index is 12.2. The summed E-state index contributed by atoms with van der Waals surface area (Å²) in [5.41, 5.74) is 6.42. The second-order valence-electron chi connectivity index (χ2n) is 5.34. The molecule has 0 aliphatic rings. The lowest BCUT2D eigenvalue weighted by Gasteiger charge is -2.18. The Hall–Kier alpha value is -2.80. The summed E-state index contributed by atoms with van der Waals surface area (Å²) >= 11 is 0. The molecule has 7 heteroatoms. The monoisotopic (exact) mass is 345 g/mol. The molecule has 3 N–H and O–H groups in total. The number of rotatable bonds is 8. The maximum Gasteiger partial charge on any atom is 0.260 e. The summed E-state index contributed by atoms with van der Waals surface area (Å²) in [5.74, 6) is 0.664. The van der Waals surface area contributed by atoms with Crippen molar-refractivity contribution >= 4 is 17.5 Å². The summed E-state index contributed by atoms with van der Waals surface area (Å²) in [6.07, 6.45) is 1.36. The number of amides is 2. The van der Waals surface area contributed by atoms with Crippen LogP contribution in [0.5, 0.6) is 5.75 Å². The molecule has 134 valence electrons. The van der Waals surface area contributed by atoms with E-state index in [0.717, 1.165) is 0 Å². The van der Waals surface area contributed by atoms with Gasteiger partial charge in [-0.25, -0.2) is 0 Å². The Morgan fingerprint density at radius 3 is 2.64 bits per heavy atom. The van der Waals surface area contributed by atoms with Gasteiger partial charge in [-0.05, 0) is 32.0 Å². The summed E-state index contributed by atoms with van der Waals surface area (Å²) in [6.45, 7) is 5.32. The first-order chi connectivity index (χ1) is 12.1. The van der Waals surface area contributed by atoms with Gasteiger partial charge in [0.1, 0.15) is 17.8 Å². The molecule has 25 heavy (non-hydrogen) atoms. The van der Waals surface area contributed by atoms with Crippen LogP contribution in [0.15, 0.2) is 41.0 Å². The van der Waals surface area contributed by atoms with Crippen molar-refractivity contribution in [3.63, 3.8) is 0 Å². The summed E-state index contributed by atoms with van der Waals surface area (Å²) in [5, 5.41) is 2.75. The number of anilines is 1. The fourth-order valence-electron chi connectivity index (χ4n) is 2.29. The van der Waals surface area contributed by atoms with Crippen LogP contribution >= 0.6 is 0 Å². The molecule has 1 aromatic carbocycles. The van der Waals surface area contributed by atoms with Gasteiger partial charge in [0.25, 0.3) is 11.8 Å². The predicted octanol–water partition coefficient (Wildman–Crippen LogP) is 2.24. The van der Waals surface area contributed by atoms with Crippen molar-refractivity contribution < 1.29 is 18.7 Å². The van der Waals surface area contributed by atoms with Crippen molar-refractivity contribution in [1.82, 2.24) is 4.90 Å². The number of hydrogen-bond donors (Lipinski definition) is 2. The zero-order valence-electron chi connectivity index (χ0n) is 14.5. The molecule has 0 aliphatic heterocycles. The Labute approximate surface area is 146 Å². The molecular weight excluding hydrogens is 322 g/mol. The third-order valence-corrected chi connectivity index (χ3v) is 3.69. The van der Waals surface area contributed by atoms with Crippen molar-refractivity contribution in [3.8, 4) is 5.75 Å². The zero-order valence-corrected chi connectivity index (χ0v) is 14.5. The van der Waals surface area contributed by atoms with E-state index in [4.69, 9.17) is 14.9 Å². The highest BCUT2D eigenvalue weighted by Crippen LogP contribution is 2.19. The van der Waals surface area contributed by atoms with E-state index in [1.54, 1.807) is 35.2 Å². The summed E-state index contributed by atoms with van der Waals surface area (Å²) in [7, 11) is 0. The number of furan rings is 1. The SMILES string of the molecule is CCN(CC)C(=O)COc1cccc(NC(=O)c2coc(CN)c2)c1. The molecule has 7 nitrogen and oxygen atoms in total. The lowest BCUT2D eigenvalue weighted by atomic mass is 10.2. The van der Waals surface area contributed by atoms with E-state index in [-0.39, 0.29) is 25.0 Å². The van der Waals surface area contributed by atoms with Gasteiger partial charge in [0.2, 0.25) is 0 Å². The van der Waals surface area contributed by atoms with Crippen molar-refractivity contribution in [2.75, 3.05) is 25.0 Å². The molecule has 1 aromatic heterocycles. The fraction of sp³-hybridized carbons (Fsp3) is 0.333. The summed E-state index contributed by atoms with van der Waals surface area (Å²) in [6, 6.07) is 8.47.